The number of nitriles is 1. The summed E-state index contributed by atoms with van der Waals surface area (Å²) in [6.07, 6.45) is 0.545. The van der Waals surface area contributed by atoms with Gasteiger partial charge in [-0.1, -0.05) is 30.3 Å². The van der Waals surface area contributed by atoms with Gasteiger partial charge in [0.25, 0.3) is 0 Å². The van der Waals surface area contributed by atoms with Crippen molar-refractivity contribution in [3.05, 3.63) is 71.9 Å². The van der Waals surface area contributed by atoms with E-state index in [2.05, 4.69) is 11.4 Å². The van der Waals surface area contributed by atoms with E-state index in [9.17, 15) is 22.8 Å². The van der Waals surface area contributed by atoms with Gasteiger partial charge in [-0.3, -0.25) is 9.59 Å². The van der Waals surface area contributed by atoms with Gasteiger partial charge in [0, 0.05) is 41.8 Å². The summed E-state index contributed by atoms with van der Waals surface area (Å²) in [5.41, 5.74) is 0.399. The molecule has 0 aliphatic rings. The Balaban J connectivity index is 1.72. The van der Waals surface area contributed by atoms with E-state index < -0.39 is 30.1 Å². The van der Waals surface area contributed by atoms with E-state index in [1.807, 2.05) is 35.0 Å². The lowest BCUT2D eigenvalue weighted by Gasteiger charge is -2.19. The Labute approximate surface area is 194 Å². The first-order valence-corrected chi connectivity index (χ1v) is 10.6. The van der Waals surface area contributed by atoms with Crippen molar-refractivity contribution in [3.8, 4) is 6.07 Å². The highest BCUT2D eigenvalue weighted by Gasteiger charge is 2.33. The minimum atomic E-state index is -4.61. The second-order valence-electron chi connectivity index (χ2n) is 7.48. The molecule has 2 aromatic carbocycles. The normalized spacial score (nSPS) is 11.5. The molecular weight excluding hydrogens is 445 g/mol. The highest BCUT2D eigenvalue weighted by molar-refractivity contribution is 6.00. The molecule has 0 bridgehead atoms. The summed E-state index contributed by atoms with van der Waals surface area (Å²) in [7, 11) is 0. The Morgan fingerprint density at radius 3 is 2.56 bits per heavy atom. The highest BCUT2D eigenvalue weighted by Crippen LogP contribution is 2.34. The molecular formula is C25H23F3N4O2. The lowest BCUT2D eigenvalue weighted by atomic mass is 10.1. The van der Waals surface area contributed by atoms with Crippen LogP contribution in [-0.2, 0) is 22.3 Å². The third-order valence-corrected chi connectivity index (χ3v) is 5.22. The van der Waals surface area contributed by atoms with Crippen LogP contribution in [0.1, 0.15) is 24.5 Å². The molecule has 6 nitrogen and oxygen atoms in total. The molecule has 176 valence electrons. The van der Waals surface area contributed by atoms with Crippen LogP contribution in [0.3, 0.4) is 0 Å². The fourth-order valence-electron chi connectivity index (χ4n) is 3.58. The van der Waals surface area contributed by atoms with E-state index in [1.54, 1.807) is 13.0 Å². The van der Waals surface area contributed by atoms with E-state index in [0.29, 0.717) is 13.0 Å². The second-order valence-corrected chi connectivity index (χ2v) is 7.48. The van der Waals surface area contributed by atoms with E-state index >= 15 is 0 Å². The zero-order chi connectivity index (χ0) is 24.7. The molecule has 3 aromatic rings. The lowest BCUT2D eigenvalue weighted by molar-refractivity contribution is -0.137. The fourth-order valence-corrected chi connectivity index (χ4v) is 3.58. The largest absolute Gasteiger partial charge is 0.418 e. The minimum Gasteiger partial charge on any atom is -0.346 e. The maximum atomic E-state index is 13.2. The summed E-state index contributed by atoms with van der Waals surface area (Å²) >= 11 is 0. The summed E-state index contributed by atoms with van der Waals surface area (Å²) in [4.78, 5) is 26.3. The maximum Gasteiger partial charge on any atom is 0.418 e. The topological polar surface area (TPSA) is 78.1 Å². The van der Waals surface area contributed by atoms with Gasteiger partial charge in [-0.25, -0.2) is 0 Å². The SMILES string of the molecule is CCN(CC(=O)Nc1ccccc1C(F)(F)F)C(=O)/C=C/c1cn(CCC#N)c2ccccc12. The summed E-state index contributed by atoms with van der Waals surface area (Å²) < 4.78 is 41.4. The molecule has 1 heterocycles. The van der Waals surface area contributed by atoms with E-state index in [1.165, 1.54) is 29.2 Å². The lowest BCUT2D eigenvalue weighted by Crippen LogP contribution is -2.37. The molecule has 3 rings (SSSR count). The number of hydrogen-bond donors (Lipinski definition) is 1. The molecule has 1 N–H and O–H groups in total. The number of benzene rings is 2. The van der Waals surface area contributed by atoms with Gasteiger partial charge in [0.05, 0.1) is 23.7 Å². The van der Waals surface area contributed by atoms with Crippen molar-refractivity contribution in [3.63, 3.8) is 0 Å². The quantitative estimate of drug-likeness (QED) is 0.469. The van der Waals surface area contributed by atoms with Gasteiger partial charge in [0.2, 0.25) is 11.8 Å². The zero-order valence-corrected chi connectivity index (χ0v) is 18.5. The number of amides is 2. The number of para-hydroxylation sites is 2. The molecule has 0 aliphatic carbocycles. The van der Waals surface area contributed by atoms with Crippen LogP contribution >= 0.6 is 0 Å². The van der Waals surface area contributed by atoms with Crippen LogP contribution in [0.15, 0.2) is 60.8 Å². The molecule has 0 atom stereocenters. The van der Waals surface area contributed by atoms with Gasteiger partial charge >= 0.3 is 6.18 Å². The van der Waals surface area contributed by atoms with Crippen molar-refractivity contribution < 1.29 is 22.8 Å². The average Bonchev–Trinajstić information content (AvgIpc) is 3.17. The van der Waals surface area contributed by atoms with Gasteiger partial charge in [0.15, 0.2) is 0 Å². The minimum absolute atomic E-state index is 0.196. The number of aromatic nitrogens is 1. The Bertz CT molecular complexity index is 1260. The second kappa shape index (κ2) is 10.7. The van der Waals surface area contributed by atoms with Crippen molar-refractivity contribution in [1.29, 1.82) is 5.26 Å². The van der Waals surface area contributed by atoms with Crippen LogP contribution in [0.25, 0.3) is 17.0 Å². The number of alkyl halides is 3. The Morgan fingerprint density at radius 1 is 1.15 bits per heavy atom. The fraction of sp³-hybridized carbons (Fsp3) is 0.240. The molecule has 1 aromatic heterocycles. The number of halogens is 3. The van der Waals surface area contributed by atoms with Gasteiger partial charge in [-0.15, -0.1) is 0 Å². The molecule has 0 aliphatic heterocycles. The monoisotopic (exact) mass is 468 g/mol. The number of fused-ring (bicyclic) bond motifs is 1. The first kappa shape index (κ1) is 24.6. The molecule has 0 radical (unpaired) electrons. The van der Waals surface area contributed by atoms with Crippen molar-refractivity contribution in [1.82, 2.24) is 9.47 Å². The first-order valence-electron chi connectivity index (χ1n) is 10.6. The number of nitrogens with zero attached hydrogens (tertiary/aromatic N) is 3. The number of carbonyl (C=O) groups is 2. The molecule has 0 spiro atoms. The van der Waals surface area contributed by atoms with E-state index in [4.69, 9.17) is 5.26 Å². The van der Waals surface area contributed by atoms with Crippen LogP contribution < -0.4 is 5.32 Å². The van der Waals surface area contributed by atoms with Crippen LogP contribution in [-0.4, -0.2) is 34.4 Å². The molecule has 9 heteroatoms. The summed E-state index contributed by atoms with van der Waals surface area (Å²) in [5.74, 6) is -1.18. The Morgan fingerprint density at radius 2 is 1.85 bits per heavy atom. The van der Waals surface area contributed by atoms with Gasteiger partial charge < -0.3 is 14.8 Å². The third-order valence-electron chi connectivity index (χ3n) is 5.22. The highest BCUT2D eigenvalue weighted by atomic mass is 19.4. The zero-order valence-electron chi connectivity index (χ0n) is 18.5. The van der Waals surface area contributed by atoms with Crippen molar-refractivity contribution >= 4 is 34.5 Å². The van der Waals surface area contributed by atoms with Gasteiger partial charge in [0.1, 0.15) is 6.54 Å². The average molecular weight is 468 g/mol. The molecule has 0 saturated heterocycles. The van der Waals surface area contributed by atoms with Crippen molar-refractivity contribution in [2.75, 3.05) is 18.4 Å². The van der Waals surface area contributed by atoms with Crippen LogP contribution in [0, 0.1) is 11.3 Å². The summed E-state index contributed by atoms with van der Waals surface area (Å²) in [6, 6.07) is 14.4. The van der Waals surface area contributed by atoms with Crippen LogP contribution in [0.2, 0.25) is 0 Å². The number of anilines is 1. The molecule has 0 fully saturated rings. The smallest absolute Gasteiger partial charge is 0.346 e. The predicted octanol–water partition coefficient (Wildman–Crippen LogP) is 5.07. The standard InChI is InChI=1S/C25H23F3N4O2/c1-2-31(17-23(33)30-21-10-5-4-9-20(21)25(26,27)28)24(34)13-12-18-16-32(15-7-14-29)22-11-6-3-8-19(18)22/h3-6,8-13,16H,2,7,15,17H2,1H3,(H,30,33)/b13-12+. The Hall–Kier alpha value is -4.06. The van der Waals surface area contributed by atoms with Crippen molar-refractivity contribution in [2.24, 2.45) is 0 Å². The van der Waals surface area contributed by atoms with Gasteiger partial charge in [-0.2, -0.15) is 18.4 Å². The van der Waals surface area contributed by atoms with Crippen LogP contribution in [0.4, 0.5) is 18.9 Å². The van der Waals surface area contributed by atoms with Crippen molar-refractivity contribution in [2.45, 2.75) is 26.1 Å². The molecule has 2 amide bonds. The Kier molecular flexibility index (Phi) is 7.74. The number of rotatable bonds is 8. The first-order chi connectivity index (χ1) is 16.2. The number of nitrogens with one attached hydrogen (secondary N) is 1. The maximum absolute atomic E-state index is 13.2. The van der Waals surface area contributed by atoms with Crippen LogP contribution in [0.5, 0.6) is 0 Å². The van der Waals surface area contributed by atoms with E-state index in [-0.39, 0.29) is 12.2 Å². The third kappa shape index (κ3) is 5.84. The molecule has 0 unspecified atom stereocenters. The molecule has 0 saturated carbocycles. The molecule has 34 heavy (non-hydrogen) atoms. The number of hydrogen-bond acceptors (Lipinski definition) is 3. The predicted molar refractivity (Wildman–Crippen MR) is 124 cm³/mol. The summed E-state index contributed by atoms with van der Waals surface area (Å²) in [6.45, 7) is 1.99. The van der Waals surface area contributed by atoms with E-state index in [0.717, 1.165) is 22.5 Å². The number of aryl methyl sites for hydroxylation is 1. The van der Waals surface area contributed by atoms with Gasteiger partial charge in [-0.05, 0) is 31.2 Å². The summed E-state index contributed by atoms with van der Waals surface area (Å²) in [5, 5.41) is 12.0. The number of carbonyl (C=O) groups excluding carboxylic acids is 2. The number of likely N-dealkylation sites (N-methyl/N-ethyl adjacent to an activating group) is 1.